The van der Waals surface area contributed by atoms with Crippen molar-refractivity contribution in [3.8, 4) is 5.75 Å². The molecule has 0 aliphatic rings. The summed E-state index contributed by atoms with van der Waals surface area (Å²) in [7, 11) is 0. The monoisotopic (exact) mass is 218 g/mol. The van der Waals surface area contributed by atoms with Crippen molar-refractivity contribution in [2.24, 2.45) is 5.92 Å². The van der Waals surface area contributed by atoms with E-state index in [1.165, 1.54) is 24.3 Å². The highest BCUT2D eigenvalue weighted by Crippen LogP contribution is 2.28. The lowest BCUT2D eigenvalue weighted by molar-refractivity contribution is -0.174. The van der Waals surface area contributed by atoms with E-state index in [-0.39, 0.29) is 17.6 Å². The second-order valence-electron chi connectivity index (χ2n) is 3.16. The van der Waals surface area contributed by atoms with Crippen LogP contribution in [0.3, 0.4) is 0 Å². The molecule has 5 heteroatoms. The zero-order valence-electron chi connectivity index (χ0n) is 7.66. The van der Waals surface area contributed by atoms with Gasteiger partial charge in [-0.15, -0.1) is 0 Å². The lowest BCUT2D eigenvalue weighted by Gasteiger charge is -2.14. The molecule has 1 N–H and O–H groups in total. The molecule has 0 saturated carbocycles. The van der Waals surface area contributed by atoms with E-state index >= 15 is 0 Å². The number of phenols is 1. The smallest absolute Gasteiger partial charge is 0.398 e. The van der Waals surface area contributed by atoms with Crippen LogP contribution in [0.5, 0.6) is 5.75 Å². The van der Waals surface area contributed by atoms with Crippen LogP contribution in [0.2, 0.25) is 0 Å². The van der Waals surface area contributed by atoms with Gasteiger partial charge in [-0.25, -0.2) is 0 Å². The Bertz CT molecular complexity index is 347. The van der Waals surface area contributed by atoms with Crippen LogP contribution < -0.4 is 0 Å². The molecule has 1 unspecified atom stereocenters. The van der Waals surface area contributed by atoms with Crippen LogP contribution >= 0.6 is 0 Å². The number of benzene rings is 1. The molecule has 1 atom stereocenters. The van der Waals surface area contributed by atoms with E-state index in [1.54, 1.807) is 0 Å². The van der Waals surface area contributed by atoms with Gasteiger partial charge in [0.25, 0.3) is 0 Å². The van der Waals surface area contributed by atoms with Gasteiger partial charge in [0.2, 0.25) is 0 Å². The number of hydrogen-bond donors (Lipinski definition) is 1. The Morgan fingerprint density at radius 1 is 1.40 bits per heavy atom. The van der Waals surface area contributed by atoms with Gasteiger partial charge in [-0.2, -0.15) is 13.2 Å². The van der Waals surface area contributed by atoms with Gasteiger partial charge in [-0.3, -0.25) is 0 Å². The van der Waals surface area contributed by atoms with Gasteiger partial charge in [0.05, 0.1) is 0 Å². The molecule has 1 aromatic carbocycles. The summed E-state index contributed by atoms with van der Waals surface area (Å²) in [6, 6.07) is 5.43. The molecule has 0 aliphatic carbocycles. The van der Waals surface area contributed by atoms with E-state index in [1.807, 2.05) is 0 Å². The van der Waals surface area contributed by atoms with Crippen molar-refractivity contribution in [3.05, 3.63) is 29.8 Å². The third kappa shape index (κ3) is 3.27. The van der Waals surface area contributed by atoms with Crippen molar-refractivity contribution in [2.45, 2.75) is 12.6 Å². The fourth-order valence-corrected chi connectivity index (χ4v) is 1.18. The molecule has 82 valence electrons. The summed E-state index contributed by atoms with van der Waals surface area (Å²) in [5.41, 5.74) is 0.282. The van der Waals surface area contributed by atoms with Crippen molar-refractivity contribution in [3.63, 3.8) is 0 Å². The molecular formula is C10H9F3O2. The highest BCUT2D eigenvalue weighted by atomic mass is 19.4. The van der Waals surface area contributed by atoms with Gasteiger partial charge in [-0.1, -0.05) is 12.1 Å². The van der Waals surface area contributed by atoms with E-state index in [0.717, 1.165) is 0 Å². The number of halogens is 3. The van der Waals surface area contributed by atoms with Crippen molar-refractivity contribution >= 4 is 6.29 Å². The maximum Gasteiger partial charge on any atom is 0.398 e. The maximum atomic E-state index is 12.2. The van der Waals surface area contributed by atoms with E-state index in [2.05, 4.69) is 0 Å². The second kappa shape index (κ2) is 4.33. The summed E-state index contributed by atoms with van der Waals surface area (Å²) >= 11 is 0. The van der Waals surface area contributed by atoms with Crippen molar-refractivity contribution in [2.75, 3.05) is 0 Å². The van der Waals surface area contributed by atoms with Crippen LogP contribution in [-0.2, 0) is 11.2 Å². The first kappa shape index (κ1) is 11.6. The zero-order chi connectivity index (χ0) is 11.5. The number of carbonyl (C=O) groups is 1. The molecule has 0 saturated heterocycles. The first-order valence-corrected chi connectivity index (χ1v) is 4.23. The van der Waals surface area contributed by atoms with Crippen molar-refractivity contribution in [1.29, 1.82) is 0 Å². The van der Waals surface area contributed by atoms with Gasteiger partial charge in [0.15, 0.2) is 0 Å². The molecule has 0 aliphatic heterocycles. The molecule has 1 aromatic rings. The lowest BCUT2D eigenvalue weighted by Crippen LogP contribution is -2.26. The number of hydrogen-bond acceptors (Lipinski definition) is 2. The largest absolute Gasteiger partial charge is 0.508 e. The molecule has 0 spiro atoms. The Balaban J connectivity index is 2.80. The average Bonchev–Trinajstić information content (AvgIpc) is 2.12. The molecule has 0 radical (unpaired) electrons. The second-order valence-corrected chi connectivity index (χ2v) is 3.16. The molecule has 0 amide bonds. The fourth-order valence-electron chi connectivity index (χ4n) is 1.18. The Morgan fingerprint density at radius 2 is 2.07 bits per heavy atom. The third-order valence-corrected chi connectivity index (χ3v) is 1.95. The molecule has 15 heavy (non-hydrogen) atoms. The number of aldehydes is 1. The first-order chi connectivity index (χ1) is 6.93. The highest BCUT2D eigenvalue weighted by Gasteiger charge is 2.39. The van der Waals surface area contributed by atoms with Gasteiger partial charge >= 0.3 is 6.18 Å². The molecule has 2 nitrogen and oxygen atoms in total. The van der Waals surface area contributed by atoms with Gasteiger partial charge in [0, 0.05) is 0 Å². The SMILES string of the molecule is O=CC(Cc1cccc(O)c1)C(F)(F)F. The summed E-state index contributed by atoms with van der Waals surface area (Å²) in [4.78, 5) is 10.3. The summed E-state index contributed by atoms with van der Waals surface area (Å²) in [5, 5.41) is 9.03. The molecular weight excluding hydrogens is 209 g/mol. The first-order valence-electron chi connectivity index (χ1n) is 4.23. The van der Waals surface area contributed by atoms with Gasteiger partial charge in [0.1, 0.15) is 18.0 Å². The lowest BCUT2D eigenvalue weighted by atomic mass is 10.0. The standard InChI is InChI=1S/C10H9F3O2/c11-10(12,13)8(6-14)4-7-2-1-3-9(15)5-7/h1-3,5-6,8,15H,4H2. The van der Waals surface area contributed by atoms with Crippen LogP contribution in [0.1, 0.15) is 5.56 Å². The third-order valence-electron chi connectivity index (χ3n) is 1.95. The Hall–Kier alpha value is -1.52. The minimum absolute atomic E-state index is 0.112. The predicted octanol–water partition coefficient (Wildman–Crippen LogP) is 2.31. The van der Waals surface area contributed by atoms with E-state index < -0.39 is 18.5 Å². The number of phenolic OH excluding ortho intramolecular Hbond substituents is 1. The molecule has 1 rings (SSSR count). The molecule has 0 aromatic heterocycles. The zero-order valence-corrected chi connectivity index (χ0v) is 7.66. The van der Waals surface area contributed by atoms with E-state index in [4.69, 9.17) is 5.11 Å². The highest BCUT2D eigenvalue weighted by molar-refractivity contribution is 5.55. The number of rotatable bonds is 3. The Kier molecular flexibility index (Phi) is 3.34. The minimum atomic E-state index is -4.53. The number of carbonyl (C=O) groups excluding carboxylic acids is 1. The average molecular weight is 218 g/mol. The normalized spacial score (nSPS) is 13.5. The van der Waals surface area contributed by atoms with Crippen molar-refractivity contribution < 1.29 is 23.1 Å². The van der Waals surface area contributed by atoms with Gasteiger partial charge < -0.3 is 9.90 Å². The van der Waals surface area contributed by atoms with Crippen LogP contribution in [0.15, 0.2) is 24.3 Å². The molecule has 0 bridgehead atoms. The quantitative estimate of drug-likeness (QED) is 0.790. The summed E-state index contributed by atoms with van der Waals surface area (Å²) in [6.07, 6.45) is -5.10. The summed E-state index contributed by atoms with van der Waals surface area (Å²) in [5.74, 6) is -2.13. The van der Waals surface area contributed by atoms with E-state index in [0.29, 0.717) is 0 Å². The number of alkyl halides is 3. The number of aromatic hydroxyl groups is 1. The summed E-state index contributed by atoms with van der Waals surface area (Å²) < 4.78 is 36.6. The van der Waals surface area contributed by atoms with Crippen LogP contribution in [0, 0.1) is 5.92 Å². The Morgan fingerprint density at radius 3 is 2.53 bits per heavy atom. The predicted molar refractivity (Wildman–Crippen MR) is 47.4 cm³/mol. The van der Waals surface area contributed by atoms with E-state index in [9.17, 15) is 18.0 Å². The summed E-state index contributed by atoms with van der Waals surface area (Å²) in [6.45, 7) is 0. The maximum absolute atomic E-state index is 12.2. The molecule has 0 heterocycles. The van der Waals surface area contributed by atoms with Crippen molar-refractivity contribution in [1.82, 2.24) is 0 Å². The minimum Gasteiger partial charge on any atom is -0.508 e. The topological polar surface area (TPSA) is 37.3 Å². The fraction of sp³-hybridized carbons (Fsp3) is 0.300. The van der Waals surface area contributed by atoms with Crippen LogP contribution in [0.25, 0.3) is 0 Å². The van der Waals surface area contributed by atoms with Crippen LogP contribution in [-0.4, -0.2) is 17.6 Å². The molecule has 0 fully saturated rings. The van der Waals surface area contributed by atoms with Gasteiger partial charge in [-0.05, 0) is 24.1 Å². The Labute approximate surface area is 84.3 Å². The van der Waals surface area contributed by atoms with Crippen LogP contribution in [0.4, 0.5) is 13.2 Å².